The van der Waals surface area contributed by atoms with Crippen molar-refractivity contribution in [1.29, 1.82) is 0 Å². The SMILES string of the molecule is CC1CCN(C(CNC(=O)Cc2cc(Cl)c3c(c2)OCCO3)c2cccs2)CC1. The fourth-order valence-electron chi connectivity index (χ4n) is 3.96. The number of nitrogens with one attached hydrogen (secondary N) is 1. The highest BCUT2D eigenvalue weighted by molar-refractivity contribution is 7.10. The highest BCUT2D eigenvalue weighted by Crippen LogP contribution is 2.38. The number of likely N-dealkylation sites (tertiary alicyclic amines) is 1. The van der Waals surface area contributed by atoms with Crippen LogP contribution in [0.25, 0.3) is 0 Å². The van der Waals surface area contributed by atoms with Crippen LogP contribution in [0, 0.1) is 5.92 Å². The molecule has 1 fully saturated rings. The predicted octanol–water partition coefficient (Wildman–Crippen LogP) is 4.30. The molecule has 0 saturated carbocycles. The summed E-state index contributed by atoms with van der Waals surface area (Å²) < 4.78 is 11.2. The Balaban J connectivity index is 1.39. The molecule has 0 aliphatic carbocycles. The zero-order valence-electron chi connectivity index (χ0n) is 16.7. The van der Waals surface area contributed by atoms with E-state index in [1.807, 2.05) is 6.07 Å². The van der Waals surface area contributed by atoms with Gasteiger partial charge in [-0.25, -0.2) is 0 Å². The molecule has 0 radical (unpaired) electrons. The lowest BCUT2D eigenvalue weighted by molar-refractivity contribution is -0.120. The summed E-state index contributed by atoms with van der Waals surface area (Å²) in [5.41, 5.74) is 0.830. The van der Waals surface area contributed by atoms with Crippen LogP contribution in [0.3, 0.4) is 0 Å². The van der Waals surface area contributed by atoms with E-state index in [1.54, 1.807) is 17.4 Å². The number of nitrogens with zero attached hydrogens (tertiary/aromatic N) is 1. The molecule has 2 aliphatic heterocycles. The molecule has 7 heteroatoms. The molecule has 0 spiro atoms. The maximum absolute atomic E-state index is 12.7. The summed E-state index contributed by atoms with van der Waals surface area (Å²) >= 11 is 8.05. The standard InChI is InChI=1S/C22H27ClN2O3S/c1-15-4-6-25(7-5-15)18(20-3-2-10-29-20)14-24-21(26)13-16-11-17(23)22-19(12-16)27-8-9-28-22/h2-3,10-12,15,18H,4-9,13-14H2,1H3,(H,24,26). The van der Waals surface area contributed by atoms with E-state index in [4.69, 9.17) is 21.1 Å². The molecule has 5 nitrogen and oxygen atoms in total. The summed E-state index contributed by atoms with van der Waals surface area (Å²) in [6.45, 7) is 6.08. The summed E-state index contributed by atoms with van der Waals surface area (Å²) in [7, 11) is 0. The van der Waals surface area contributed by atoms with E-state index in [0.29, 0.717) is 36.3 Å². The van der Waals surface area contributed by atoms with E-state index in [2.05, 4.69) is 34.7 Å². The van der Waals surface area contributed by atoms with Crippen molar-refractivity contribution < 1.29 is 14.3 Å². The molecule has 2 aromatic rings. The van der Waals surface area contributed by atoms with Crippen LogP contribution in [0.1, 0.15) is 36.2 Å². The van der Waals surface area contributed by atoms with E-state index in [-0.39, 0.29) is 18.4 Å². The molecule has 1 aromatic heterocycles. The third kappa shape index (κ3) is 5.05. The van der Waals surface area contributed by atoms with Crippen LogP contribution in [0.15, 0.2) is 29.6 Å². The van der Waals surface area contributed by atoms with Gasteiger partial charge >= 0.3 is 0 Å². The van der Waals surface area contributed by atoms with Gasteiger partial charge in [-0.15, -0.1) is 11.3 Å². The minimum absolute atomic E-state index is 0.00956. The van der Waals surface area contributed by atoms with Crippen molar-refractivity contribution in [1.82, 2.24) is 10.2 Å². The van der Waals surface area contributed by atoms with Gasteiger partial charge in [0.05, 0.1) is 17.5 Å². The number of carbonyl (C=O) groups excluding carboxylic acids is 1. The van der Waals surface area contributed by atoms with Gasteiger partial charge in [0, 0.05) is 11.4 Å². The number of ether oxygens (including phenoxy) is 2. The molecule has 2 aliphatic rings. The first-order valence-electron chi connectivity index (χ1n) is 10.2. The number of hydrogen-bond donors (Lipinski definition) is 1. The van der Waals surface area contributed by atoms with E-state index in [0.717, 1.165) is 24.6 Å². The summed E-state index contributed by atoms with van der Waals surface area (Å²) in [4.78, 5) is 16.5. The third-order valence-corrected chi connectivity index (χ3v) is 6.90. The van der Waals surface area contributed by atoms with Gasteiger partial charge in [-0.2, -0.15) is 0 Å². The minimum Gasteiger partial charge on any atom is -0.486 e. The van der Waals surface area contributed by atoms with Crippen LogP contribution >= 0.6 is 22.9 Å². The van der Waals surface area contributed by atoms with E-state index in [1.165, 1.54) is 17.7 Å². The van der Waals surface area contributed by atoms with Crippen LogP contribution in [-0.4, -0.2) is 43.7 Å². The molecule has 29 heavy (non-hydrogen) atoms. The van der Waals surface area contributed by atoms with Gasteiger partial charge in [0.15, 0.2) is 11.5 Å². The van der Waals surface area contributed by atoms with Crippen LogP contribution in [-0.2, 0) is 11.2 Å². The number of carbonyl (C=O) groups is 1. The van der Waals surface area contributed by atoms with Crippen LogP contribution in [0.2, 0.25) is 5.02 Å². The van der Waals surface area contributed by atoms with Crippen molar-refractivity contribution in [2.24, 2.45) is 5.92 Å². The normalized spacial score (nSPS) is 18.4. The Kier molecular flexibility index (Phi) is 6.63. The molecule has 4 rings (SSSR count). The second-order valence-corrected chi connectivity index (χ2v) is 9.22. The Morgan fingerprint density at radius 2 is 2.10 bits per heavy atom. The van der Waals surface area contributed by atoms with Gasteiger partial charge < -0.3 is 14.8 Å². The Morgan fingerprint density at radius 3 is 2.86 bits per heavy atom. The highest BCUT2D eigenvalue weighted by atomic mass is 35.5. The number of rotatable bonds is 6. The lowest BCUT2D eigenvalue weighted by Crippen LogP contribution is -2.41. The molecule has 156 valence electrons. The van der Waals surface area contributed by atoms with Gasteiger partial charge in [0.1, 0.15) is 13.2 Å². The molecule has 3 heterocycles. The van der Waals surface area contributed by atoms with Gasteiger partial charge in [-0.05, 0) is 61.0 Å². The summed E-state index contributed by atoms with van der Waals surface area (Å²) in [5.74, 6) is 1.96. The second kappa shape index (κ2) is 9.37. The van der Waals surface area contributed by atoms with Crippen molar-refractivity contribution >= 4 is 28.8 Å². The summed E-state index contributed by atoms with van der Waals surface area (Å²) in [6, 6.07) is 8.12. The number of benzene rings is 1. The Bertz CT molecular complexity index is 835. The molecule has 1 saturated heterocycles. The summed E-state index contributed by atoms with van der Waals surface area (Å²) in [6.07, 6.45) is 2.70. The molecule has 0 bridgehead atoms. The number of halogens is 1. The second-order valence-electron chi connectivity index (χ2n) is 7.83. The van der Waals surface area contributed by atoms with Crippen LogP contribution < -0.4 is 14.8 Å². The number of piperidine rings is 1. The molecule has 1 unspecified atom stereocenters. The Hall–Kier alpha value is -1.76. The number of fused-ring (bicyclic) bond motifs is 1. The number of thiophene rings is 1. The largest absolute Gasteiger partial charge is 0.486 e. The molecule has 1 N–H and O–H groups in total. The fraction of sp³-hybridized carbons (Fsp3) is 0.500. The third-order valence-electron chi connectivity index (χ3n) is 5.64. The summed E-state index contributed by atoms with van der Waals surface area (Å²) in [5, 5.41) is 5.73. The van der Waals surface area contributed by atoms with Crippen molar-refractivity contribution in [3.8, 4) is 11.5 Å². The first-order valence-corrected chi connectivity index (χ1v) is 11.5. The lowest BCUT2D eigenvalue weighted by atomic mass is 9.97. The lowest BCUT2D eigenvalue weighted by Gasteiger charge is -2.36. The average molecular weight is 435 g/mol. The van der Waals surface area contributed by atoms with Crippen molar-refractivity contribution in [2.45, 2.75) is 32.2 Å². The topological polar surface area (TPSA) is 50.8 Å². The first kappa shape index (κ1) is 20.5. The monoisotopic (exact) mass is 434 g/mol. The van der Waals surface area contributed by atoms with E-state index in [9.17, 15) is 4.79 Å². The smallest absolute Gasteiger partial charge is 0.224 e. The van der Waals surface area contributed by atoms with Gasteiger partial charge in [-0.1, -0.05) is 24.6 Å². The van der Waals surface area contributed by atoms with Gasteiger partial charge in [0.2, 0.25) is 5.91 Å². The maximum Gasteiger partial charge on any atom is 0.224 e. The molecule has 1 atom stereocenters. The highest BCUT2D eigenvalue weighted by Gasteiger charge is 2.26. The Labute approximate surface area is 180 Å². The fourth-order valence-corrected chi connectivity index (χ4v) is 5.10. The van der Waals surface area contributed by atoms with Crippen LogP contribution in [0.5, 0.6) is 11.5 Å². The zero-order chi connectivity index (χ0) is 20.2. The maximum atomic E-state index is 12.7. The molecular formula is C22H27ClN2O3S. The molecule has 1 aromatic carbocycles. The minimum atomic E-state index is -0.00956. The van der Waals surface area contributed by atoms with Crippen molar-refractivity contribution in [2.75, 3.05) is 32.8 Å². The Morgan fingerprint density at radius 1 is 1.31 bits per heavy atom. The van der Waals surface area contributed by atoms with Gasteiger partial charge in [-0.3, -0.25) is 9.69 Å². The predicted molar refractivity (Wildman–Crippen MR) is 116 cm³/mol. The molecule has 1 amide bonds. The van der Waals surface area contributed by atoms with E-state index >= 15 is 0 Å². The average Bonchev–Trinajstić information content (AvgIpc) is 3.24. The first-order chi connectivity index (χ1) is 14.1. The number of hydrogen-bond acceptors (Lipinski definition) is 5. The zero-order valence-corrected chi connectivity index (χ0v) is 18.2. The van der Waals surface area contributed by atoms with E-state index < -0.39 is 0 Å². The van der Waals surface area contributed by atoms with Crippen molar-refractivity contribution in [3.05, 3.63) is 45.1 Å². The van der Waals surface area contributed by atoms with Crippen molar-refractivity contribution in [3.63, 3.8) is 0 Å². The van der Waals surface area contributed by atoms with Crippen LogP contribution in [0.4, 0.5) is 0 Å². The number of amides is 1. The quantitative estimate of drug-likeness (QED) is 0.736. The molecular weight excluding hydrogens is 408 g/mol. The van der Waals surface area contributed by atoms with Gasteiger partial charge in [0.25, 0.3) is 0 Å².